The molecule has 3 aliphatic rings. The van der Waals surface area contributed by atoms with Gasteiger partial charge in [-0.25, -0.2) is 0 Å². The molecule has 1 N–H and O–H groups in total. The maximum atomic E-state index is 12.3. The van der Waals surface area contributed by atoms with Crippen LogP contribution in [0.1, 0.15) is 96.5 Å². The van der Waals surface area contributed by atoms with Gasteiger partial charge in [0, 0.05) is 37.3 Å². The first-order chi connectivity index (χ1) is 17.2. The molecule has 0 aromatic heterocycles. The van der Waals surface area contributed by atoms with Crippen LogP contribution in [0, 0.1) is 23.2 Å². The van der Waals surface area contributed by atoms with Crippen LogP contribution in [0.3, 0.4) is 0 Å². The van der Waals surface area contributed by atoms with E-state index in [9.17, 15) is 14.9 Å². The molecule has 4 rings (SSSR count). The fourth-order valence-electron chi connectivity index (χ4n) is 5.66. The number of carbonyl (C=O) groups is 2. The summed E-state index contributed by atoms with van der Waals surface area (Å²) in [5, 5.41) is 12.8. The van der Waals surface area contributed by atoms with E-state index >= 15 is 0 Å². The Balaban J connectivity index is 0.00000167. The highest BCUT2D eigenvalue weighted by molar-refractivity contribution is 5.93. The molecule has 6 heteroatoms. The smallest absolute Gasteiger partial charge is 0.227 e. The van der Waals surface area contributed by atoms with Crippen LogP contribution in [0.25, 0.3) is 0 Å². The number of hydrogen-bond acceptors (Lipinski definition) is 4. The minimum atomic E-state index is 0.0735. The lowest BCUT2D eigenvalue weighted by Gasteiger charge is -2.36. The third-order valence-corrected chi connectivity index (χ3v) is 7.94. The summed E-state index contributed by atoms with van der Waals surface area (Å²) in [7, 11) is 0. The maximum absolute atomic E-state index is 12.3. The van der Waals surface area contributed by atoms with Gasteiger partial charge in [0.1, 0.15) is 6.07 Å². The molecule has 1 aliphatic heterocycles. The number of nitrogens with zero attached hydrogens (tertiary/aromatic N) is 3. The lowest BCUT2D eigenvalue weighted by molar-refractivity contribution is -0.122. The zero-order chi connectivity index (χ0) is 25.0. The minimum absolute atomic E-state index is 0.0735. The average molecular weight is 481 g/mol. The quantitative estimate of drug-likeness (QED) is 0.360. The molecule has 1 aromatic rings. The van der Waals surface area contributed by atoms with Crippen LogP contribution < -0.4 is 10.2 Å². The van der Waals surface area contributed by atoms with Crippen molar-refractivity contribution in [1.82, 2.24) is 4.90 Å². The molecule has 1 unspecified atom stereocenters. The molecule has 3 fully saturated rings. The van der Waals surface area contributed by atoms with Gasteiger partial charge in [0.05, 0.1) is 11.3 Å². The Morgan fingerprint density at radius 3 is 2.46 bits per heavy atom. The molecule has 2 aliphatic carbocycles. The molecule has 6 nitrogen and oxygen atoms in total. The number of benzene rings is 1. The third kappa shape index (κ3) is 7.46. The lowest BCUT2D eigenvalue weighted by atomic mass is 9.85. The van der Waals surface area contributed by atoms with Gasteiger partial charge in [-0.1, -0.05) is 46.0 Å². The summed E-state index contributed by atoms with van der Waals surface area (Å²) in [5.74, 6) is 0.725. The zero-order valence-corrected chi connectivity index (χ0v) is 21.8. The number of rotatable bonds is 8. The Bertz CT molecular complexity index is 853. The zero-order valence-electron chi connectivity index (χ0n) is 21.8. The average Bonchev–Trinajstić information content (AvgIpc) is 3.14. The van der Waals surface area contributed by atoms with Gasteiger partial charge < -0.3 is 15.1 Å². The summed E-state index contributed by atoms with van der Waals surface area (Å²) in [5.41, 5.74) is 2.29. The Labute approximate surface area is 212 Å². The van der Waals surface area contributed by atoms with Gasteiger partial charge >= 0.3 is 0 Å². The van der Waals surface area contributed by atoms with Crippen LogP contribution in [-0.4, -0.2) is 42.9 Å². The Kier molecular flexibility index (Phi) is 10.9. The molecule has 1 aromatic carbocycles. The predicted octanol–water partition coefficient (Wildman–Crippen LogP) is 6.11. The van der Waals surface area contributed by atoms with Crippen molar-refractivity contribution in [3.8, 4) is 6.07 Å². The SMILES string of the molecule is CC.N#Cc1cc(NC(=O)C2CCC2)ccc1N1CCCC(CCN(C=O)C2CCCCCC2)C1. The third-order valence-electron chi connectivity index (χ3n) is 7.94. The topological polar surface area (TPSA) is 76.4 Å². The molecule has 0 radical (unpaired) electrons. The highest BCUT2D eigenvalue weighted by atomic mass is 16.2. The first-order valence-electron chi connectivity index (χ1n) is 14.0. The van der Waals surface area contributed by atoms with Crippen LogP contribution in [-0.2, 0) is 9.59 Å². The Morgan fingerprint density at radius 2 is 1.83 bits per heavy atom. The van der Waals surface area contributed by atoms with Gasteiger partial charge in [0.2, 0.25) is 12.3 Å². The van der Waals surface area contributed by atoms with Gasteiger partial charge in [-0.05, 0) is 69.1 Å². The second-order valence-corrected chi connectivity index (χ2v) is 10.2. The summed E-state index contributed by atoms with van der Waals surface area (Å²) in [6.45, 7) is 6.70. The van der Waals surface area contributed by atoms with Crippen LogP contribution in [0.5, 0.6) is 0 Å². The maximum Gasteiger partial charge on any atom is 0.227 e. The van der Waals surface area contributed by atoms with E-state index in [4.69, 9.17) is 0 Å². The minimum Gasteiger partial charge on any atom is -0.370 e. The normalized spacial score (nSPS) is 20.9. The highest BCUT2D eigenvalue weighted by Crippen LogP contribution is 2.31. The molecular weight excluding hydrogens is 436 g/mol. The number of anilines is 2. The van der Waals surface area contributed by atoms with Crippen LogP contribution in [0.2, 0.25) is 0 Å². The Morgan fingerprint density at radius 1 is 1.09 bits per heavy atom. The van der Waals surface area contributed by atoms with Crippen molar-refractivity contribution in [2.24, 2.45) is 11.8 Å². The first-order valence-corrected chi connectivity index (χ1v) is 14.0. The predicted molar refractivity (Wildman–Crippen MR) is 142 cm³/mol. The van der Waals surface area contributed by atoms with Crippen LogP contribution >= 0.6 is 0 Å². The van der Waals surface area contributed by atoms with Crippen molar-refractivity contribution in [3.63, 3.8) is 0 Å². The fraction of sp³-hybridized carbons (Fsp3) is 0.690. The van der Waals surface area contributed by atoms with Gasteiger partial charge in [0.15, 0.2) is 0 Å². The summed E-state index contributed by atoms with van der Waals surface area (Å²) in [4.78, 5) is 28.4. The molecule has 0 bridgehead atoms. The largest absolute Gasteiger partial charge is 0.370 e. The van der Waals surface area contributed by atoms with Crippen molar-refractivity contribution in [3.05, 3.63) is 23.8 Å². The highest BCUT2D eigenvalue weighted by Gasteiger charge is 2.27. The number of amides is 2. The summed E-state index contributed by atoms with van der Waals surface area (Å²) in [6.07, 6.45) is 14.8. The lowest BCUT2D eigenvalue weighted by Crippen LogP contribution is -2.39. The van der Waals surface area contributed by atoms with Crippen LogP contribution in [0.15, 0.2) is 18.2 Å². The fourth-order valence-corrected chi connectivity index (χ4v) is 5.66. The van der Waals surface area contributed by atoms with Crippen molar-refractivity contribution < 1.29 is 9.59 Å². The van der Waals surface area contributed by atoms with Crippen LogP contribution in [0.4, 0.5) is 11.4 Å². The summed E-state index contributed by atoms with van der Waals surface area (Å²) >= 11 is 0. The molecule has 2 amide bonds. The van der Waals surface area contributed by atoms with Gasteiger partial charge in [-0.3, -0.25) is 9.59 Å². The number of nitriles is 1. The van der Waals surface area contributed by atoms with Gasteiger partial charge in [-0.2, -0.15) is 5.26 Å². The second kappa shape index (κ2) is 14.1. The van der Waals surface area contributed by atoms with Crippen molar-refractivity contribution >= 4 is 23.7 Å². The molecule has 1 saturated heterocycles. The van der Waals surface area contributed by atoms with Crippen molar-refractivity contribution in [2.75, 3.05) is 29.9 Å². The van der Waals surface area contributed by atoms with E-state index in [-0.39, 0.29) is 11.8 Å². The van der Waals surface area contributed by atoms with Crippen molar-refractivity contribution in [2.45, 2.75) is 96.9 Å². The summed E-state index contributed by atoms with van der Waals surface area (Å²) < 4.78 is 0. The van der Waals surface area contributed by atoms with Gasteiger partial charge in [-0.15, -0.1) is 0 Å². The number of carbonyl (C=O) groups excluding carboxylic acids is 2. The summed E-state index contributed by atoms with van der Waals surface area (Å²) in [6, 6.07) is 8.48. The van der Waals surface area contributed by atoms with E-state index in [1.165, 1.54) is 32.1 Å². The molecule has 192 valence electrons. The molecule has 35 heavy (non-hydrogen) atoms. The van der Waals surface area contributed by atoms with E-state index < -0.39 is 0 Å². The molecule has 1 atom stereocenters. The van der Waals surface area contributed by atoms with E-state index in [1.807, 2.05) is 32.0 Å². The number of nitrogens with one attached hydrogen (secondary N) is 1. The van der Waals surface area contributed by atoms with E-state index in [1.54, 1.807) is 0 Å². The first kappa shape index (κ1) is 27.0. The van der Waals surface area contributed by atoms with E-state index in [2.05, 4.69) is 21.2 Å². The van der Waals surface area contributed by atoms with E-state index in [0.717, 1.165) is 76.7 Å². The molecular formula is C29H44N4O2. The Hall–Kier alpha value is -2.55. The standard InChI is InChI=1S/C27H38N4O2.C2H6/c28-18-23-17-24(29-27(33)22-8-5-9-22)12-13-26(23)30-15-6-7-21(19-30)14-16-31(20-32)25-10-3-1-2-4-11-25;1-2/h12-13,17,20-22,25H,1-11,14-16,19H2,(H,29,33);1-2H3. The molecule has 2 saturated carbocycles. The van der Waals surface area contributed by atoms with Gasteiger partial charge in [0.25, 0.3) is 0 Å². The monoisotopic (exact) mass is 480 g/mol. The molecule has 1 heterocycles. The van der Waals surface area contributed by atoms with E-state index in [0.29, 0.717) is 23.2 Å². The molecule has 0 spiro atoms. The number of hydrogen-bond donors (Lipinski definition) is 1. The second-order valence-electron chi connectivity index (χ2n) is 10.2. The number of piperidine rings is 1. The van der Waals surface area contributed by atoms with Crippen molar-refractivity contribution in [1.29, 1.82) is 5.26 Å².